The molecule has 2 rings (SSSR count). The van der Waals surface area contributed by atoms with Crippen LogP contribution in [-0.2, 0) is 18.8 Å². The molecule has 21 heavy (non-hydrogen) atoms. The predicted octanol–water partition coefficient (Wildman–Crippen LogP) is 2.11. The second kappa shape index (κ2) is 6.67. The molecule has 5 nitrogen and oxygen atoms in total. The van der Waals surface area contributed by atoms with Crippen LogP contribution in [0.3, 0.4) is 0 Å². The molecule has 2 aliphatic rings. The summed E-state index contributed by atoms with van der Waals surface area (Å²) >= 11 is 0. The molecule has 0 aliphatic carbocycles. The van der Waals surface area contributed by atoms with Crippen LogP contribution >= 0.6 is 0 Å². The first-order valence-corrected chi connectivity index (χ1v) is 8.03. The topological polar surface area (TPSA) is 48.0 Å². The van der Waals surface area contributed by atoms with Crippen molar-refractivity contribution in [2.75, 3.05) is 26.3 Å². The van der Waals surface area contributed by atoms with Crippen LogP contribution in [0.15, 0.2) is 0 Å². The summed E-state index contributed by atoms with van der Waals surface area (Å²) in [5.74, 6) is 0.243. The maximum atomic E-state index is 12.0. The number of carbonyl (C=O) groups is 1. The maximum absolute atomic E-state index is 12.0. The molecule has 0 bridgehead atoms. The fourth-order valence-electron chi connectivity index (χ4n) is 2.64. The lowest BCUT2D eigenvalue weighted by Crippen LogP contribution is -2.41. The van der Waals surface area contributed by atoms with E-state index < -0.39 is 0 Å². The largest absolute Gasteiger partial charge is 0.457 e. The zero-order valence-corrected chi connectivity index (χ0v) is 13.8. The molecule has 0 aromatic heterocycles. The van der Waals surface area contributed by atoms with Gasteiger partial charge in [0.15, 0.2) is 0 Å². The molecule has 2 aliphatic heterocycles. The van der Waals surface area contributed by atoms with Crippen LogP contribution in [0.1, 0.15) is 47.0 Å². The summed E-state index contributed by atoms with van der Waals surface area (Å²) in [6.45, 7) is 11.1. The van der Waals surface area contributed by atoms with Crippen molar-refractivity contribution in [3.63, 3.8) is 0 Å². The molecular formula is C15H28BNO4. The second-order valence-corrected chi connectivity index (χ2v) is 6.92. The van der Waals surface area contributed by atoms with Gasteiger partial charge in [-0.2, -0.15) is 0 Å². The van der Waals surface area contributed by atoms with E-state index >= 15 is 0 Å². The number of ether oxygens (including phenoxy) is 1. The Labute approximate surface area is 128 Å². The number of rotatable bonds is 5. The minimum Gasteiger partial charge on any atom is -0.403 e. The molecule has 6 heteroatoms. The van der Waals surface area contributed by atoms with Crippen molar-refractivity contribution in [2.24, 2.45) is 0 Å². The van der Waals surface area contributed by atoms with Crippen LogP contribution in [0.2, 0.25) is 6.32 Å². The van der Waals surface area contributed by atoms with Crippen LogP contribution in [0.5, 0.6) is 0 Å². The van der Waals surface area contributed by atoms with E-state index in [1.807, 2.05) is 4.90 Å². The highest BCUT2D eigenvalue weighted by atomic mass is 16.7. The summed E-state index contributed by atoms with van der Waals surface area (Å²) in [5, 5.41) is 0. The summed E-state index contributed by atoms with van der Waals surface area (Å²) in [7, 11) is -0.145. The Morgan fingerprint density at radius 3 is 2.19 bits per heavy atom. The van der Waals surface area contributed by atoms with Crippen LogP contribution < -0.4 is 0 Å². The average Bonchev–Trinajstić information content (AvgIpc) is 2.63. The van der Waals surface area contributed by atoms with Crippen molar-refractivity contribution in [2.45, 2.75) is 64.5 Å². The Bertz CT molecular complexity index is 351. The maximum Gasteiger partial charge on any atom is 0.457 e. The second-order valence-electron chi connectivity index (χ2n) is 6.92. The van der Waals surface area contributed by atoms with Crippen molar-refractivity contribution < 1.29 is 18.8 Å². The Kier molecular flexibility index (Phi) is 5.33. The normalized spacial score (nSPS) is 24.4. The first-order valence-electron chi connectivity index (χ1n) is 8.03. The number of morpholine rings is 1. The average molecular weight is 297 g/mol. The molecule has 0 unspecified atom stereocenters. The van der Waals surface area contributed by atoms with Gasteiger partial charge in [-0.3, -0.25) is 4.79 Å². The third-order valence-electron chi connectivity index (χ3n) is 4.75. The van der Waals surface area contributed by atoms with Gasteiger partial charge in [-0.1, -0.05) is 6.42 Å². The summed E-state index contributed by atoms with van der Waals surface area (Å²) in [6.07, 6.45) is 3.30. The molecule has 0 spiro atoms. The standard InChI is InChI=1S/C15H28BNO4/c1-14(2)15(3,4)21-16(20-14)8-6-5-7-13(18)17-9-11-19-12-10-17/h5-12H2,1-4H3. The van der Waals surface area contributed by atoms with Crippen molar-refractivity contribution in [1.82, 2.24) is 4.90 Å². The van der Waals surface area contributed by atoms with Crippen LogP contribution in [-0.4, -0.2) is 55.4 Å². The molecule has 0 radical (unpaired) electrons. The molecule has 0 saturated carbocycles. The third-order valence-corrected chi connectivity index (χ3v) is 4.75. The molecule has 0 aromatic carbocycles. The summed E-state index contributed by atoms with van der Waals surface area (Å²) in [4.78, 5) is 13.9. The molecule has 2 fully saturated rings. The first kappa shape index (κ1) is 16.8. The van der Waals surface area contributed by atoms with Gasteiger partial charge in [0, 0.05) is 19.5 Å². The number of unbranched alkanes of at least 4 members (excludes halogenated alkanes) is 1. The highest BCUT2D eigenvalue weighted by Gasteiger charge is 2.50. The fourth-order valence-corrected chi connectivity index (χ4v) is 2.64. The Balaban J connectivity index is 1.63. The lowest BCUT2D eigenvalue weighted by molar-refractivity contribution is -0.135. The number of carbonyl (C=O) groups excluding carboxylic acids is 1. The summed E-state index contributed by atoms with van der Waals surface area (Å²) in [5.41, 5.74) is -0.525. The van der Waals surface area contributed by atoms with Crippen molar-refractivity contribution >= 4 is 13.0 Å². The van der Waals surface area contributed by atoms with Gasteiger partial charge in [-0.25, -0.2) is 0 Å². The van der Waals surface area contributed by atoms with E-state index in [1.165, 1.54) is 0 Å². The van der Waals surface area contributed by atoms with E-state index in [-0.39, 0.29) is 24.2 Å². The van der Waals surface area contributed by atoms with Gasteiger partial charge in [0.1, 0.15) is 0 Å². The van der Waals surface area contributed by atoms with Crippen LogP contribution in [0.4, 0.5) is 0 Å². The van der Waals surface area contributed by atoms with E-state index in [4.69, 9.17) is 14.0 Å². The van der Waals surface area contributed by atoms with Crippen molar-refractivity contribution in [3.05, 3.63) is 0 Å². The molecule has 0 atom stereocenters. The Morgan fingerprint density at radius 1 is 1.05 bits per heavy atom. The lowest BCUT2D eigenvalue weighted by Gasteiger charge is -2.32. The van der Waals surface area contributed by atoms with Gasteiger partial charge in [-0.05, 0) is 40.4 Å². The van der Waals surface area contributed by atoms with E-state index in [2.05, 4.69) is 27.7 Å². The molecule has 2 saturated heterocycles. The van der Waals surface area contributed by atoms with E-state index in [1.54, 1.807) is 0 Å². The van der Waals surface area contributed by atoms with Gasteiger partial charge in [-0.15, -0.1) is 0 Å². The summed E-state index contributed by atoms with van der Waals surface area (Å²) in [6, 6.07) is 0. The molecule has 0 aromatic rings. The van der Waals surface area contributed by atoms with Gasteiger partial charge in [0.05, 0.1) is 24.4 Å². The quantitative estimate of drug-likeness (QED) is 0.576. The predicted molar refractivity (Wildman–Crippen MR) is 82.1 cm³/mol. The van der Waals surface area contributed by atoms with Gasteiger partial charge >= 0.3 is 7.12 Å². The smallest absolute Gasteiger partial charge is 0.403 e. The molecule has 2 heterocycles. The minimum absolute atomic E-state index is 0.145. The molecule has 120 valence electrons. The highest BCUT2D eigenvalue weighted by Crippen LogP contribution is 2.38. The molecular weight excluding hydrogens is 269 g/mol. The van der Waals surface area contributed by atoms with Crippen LogP contribution in [0, 0.1) is 0 Å². The zero-order chi connectivity index (χ0) is 15.5. The van der Waals surface area contributed by atoms with Gasteiger partial charge in [0.2, 0.25) is 5.91 Å². The number of hydrogen-bond donors (Lipinski definition) is 0. The van der Waals surface area contributed by atoms with E-state index in [9.17, 15) is 4.79 Å². The molecule has 0 N–H and O–H groups in total. The van der Waals surface area contributed by atoms with Gasteiger partial charge in [0.25, 0.3) is 0 Å². The van der Waals surface area contributed by atoms with Crippen LogP contribution in [0.25, 0.3) is 0 Å². The van der Waals surface area contributed by atoms with Gasteiger partial charge < -0.3 is 18.9 Å². The fraction of sp³-hybridized carbons (Fsp3) is 0.933. The minimum atomic E-state index is -0.263. The SMILES string of the molecule is CC1(C)OB(CCCCC(=O)N2CCOCC2)OC1(C)C. The number of nitrogens with zero attached hydrogens (tertiary/aromatic N) is 1. The van der Waals surface area contributed by atoms with E-state index in [0.717, 1.165) is 32.3 Å². The number of hydrogen-bond acceptors (Lipinski definition) is 4. The highest BCUT2D eigenvalue weighted by molar-refractivity contribution is 6.45. The number of amides is 1. The zero-order valence-electron chi connectivity index (χ0n) is 13.8. The Hall–Kier alpha value is -0.585. The first-order chi connectivity index (χ1) is 9.82. The van der Waals surface area contributed by atoms with E-state index in [0.29, 0.717) is 19.6 Å². The monoisotopic (exact) mass is 297 g/mol. The Morgan fingerprint density at radius 2 is 1.62 bits per heavy atom. The van der Waals surface area contributed by atoms with Crippen molar-refractivity contribution in [3.8, 4) is 0 Å². The summed E-state index contributed by atoms with van der Waals surface area (Å²) < 4.78 is 17.2. The lowest BCUT2D eigenvalue weighted by atomic mass is 9.82. The molecule has 1 amide bonds. The van der Waals surface area contributed by atoms with Crippen molar-refractivity contribution in [1.29, 1.82) is 0 Å². The third kappa shape index (κ3) is 4.21.